The second-order valence-electron chi connectivity index (χ2n) is 10.8. The molecule has 0 saturated carbocycles. The van der Waals surface area contributed by atoms with Crippen LogP contribution in [0.15, 0.2) is 24.3 Å². The highest BCUT2D eigenvalue weighted by molar-refractivity contribution is 6.62. The molecule has 1 N–H and O–H groups in total. The first-order valence-electron chi connectivity index (χ1n) is 11.5. The van der Waals surface area contributed by atoms with Gasteiger partial charge in [-0.15, -0.1) is 0 Å². The highest BCUT2D eigenvalue weighted by Crippen LogP contribution is 2.36. The van der Waals surface area contributed by atoms with Gasteiger partial charge in [0.15, 0.2) is 0 Å². The first-order chi connectivity index (χ1) is 14.8. The van der Waals surface area contributed by atoms with E-state index in [1.807, 2.05) is 77.6 Å². The summed E-state index contributed by atoms with van der Waals surface area (Å²) in [5.41, 5.74) is 0.576. The normalized spacial score (nSPS) is 22.5. The van der Waals surface area contributed by atoms with Crippen LogP contribution in [0, 0.1) is 0 Å². The van der Waals surface area contributed by atoms with Crippen LogP contribution in [0.2, 0.25) is 0 Å². The van der Waals surface area contributed by atoms with Crippen LogP contribution in [0.5, 0.6) is 0 Å². The minimum Gasteiger partial charge on any atom is -0.444 e. The molecular weight excluding hydrogens is 407 g/mol. The molecule has 2 aliphatic rings. The van der Waals surface area contributed by atoms with Crippen LogP contribution in [-0.2, 0) is 25.3 Å². The highest BCUT2D eigenvalue weighted by Gasteiger charge is 2.51. The molecule has 0 bridgehead atoms. The second kappa shape index (κ2) is 9.06. The van der Waals surface area contributed by atoms with Crippen molar-refractivity contribution in [2.24, 2.45) is 0 Å². The van der Waals surface area contributed by atoms with Crippen molar-refractivity contribution in [3.63, 3.8) is 0 Å². The van der Waals surface area contributed by atoms with Gasteiger partial charge in [0, 0.05) is 19.1 Å². The van der Waals surface area contributed by atoms with Gasteiger partial charge in [0.05, 0.1) is 17.6 Å². The molecular formula is C24H37BN2O5. The van der Waals surface area contributed by atoms with Crippen molar-refractivity contribution in [3.8, 4) is 0 Å². The maximum Gasteiger partial charge on any atom is 0.494 e. The number of carbonyl (C=O) groups is 2. The Morgan fingerprint density at radius 3 is 2.28 bits per heavy atom. The Hall–Kier alpha value is -2.06. The SMILES string of the molecule is CC(C)(C)OC(=O)NC1CCCN(C(=O)Cc2ccc(B3OC(C)(C)C(C)(C)O3)cc2)C1. The third-order valence-corrected chi connectivity index (χ3v) is 6.36. The lowest BCUT2D eigenvalue weighted by molar-refractivity contribution is -0.131. The van der Waals surface area contributed by atoms with Gasteiger partial charge in [0.1, 0.15) is 5.60 Å². The Kier molecular flexibility index (Phi) is 6.96. The summed E-state index contributed by atoms with van der Waals surface area (Å²) < 4.78 is 17.5. The van der Waals surface area contributed by atoms with E-state index in [4.69, 9.17) is 14.0 Å². The first-order valence-corrected chi connectivity index (χ1v) is 11.5. The Morgan fingerprint density at radius 1 is 1.12 bits per heavy atom. The summed E-state index contributed by atoms with van der Waals surface area (Å²) in [5.74, 6) is 0.0593. The fourth-order valence-corrected chi connectivity index (χ4v) is 3.85. The van der Waals surface area contributed by atoms with E-state index in [1.54, 1.807) is 0 Å². The molecule has 8 heteroatoms. The molecule has 0 spiro atoms. The van der Waals surface area contributed by atoms with Gasteiger partial charge in [-0.05, 0) is 72.3 Å². The lowest BCUT2D eigenvalue weighted by Crippen LogP contribution is -2.50. The molecule has 2 amide bonds. The van der Waals surface area contributed by atoms with Crippen LogP contribution in [0.25, 0.3) is 0 Å². The Labute approximate surface area is 192 Å². The number of ether oxygens (including phenoxy) is 1. The van der Waals surface area contributed by atoms with E-state index in [0.29, 0.717) is 19.5 Å². The van der Waals surface area contributed by atoms with Gasteiger partial charge in [-0.1, -0.05) is 24.3 Å². The molecule has 2 aliphatic heterocycles. The second-order valence-corrected chi connectivity index (χ2v) is 10.8. The number of alkyl carbamates (subject to hydrolysis) is 1. The number of hydrogen-bond acceptors (Lipinski definition) is 5. The summed E-state index contributed by atoms with van der Waals surface area (Å²) >= 11 is 0. The smallest absolute Gasteiger partial charge is 0.444 e. The fraction of sp³-hybridized carbons (Fsp3) is 0.667. The molecule has 2 saturated heterocycles. The third-order valence-electron chi connectivity index (χ3n) is 6.36. The third kappa shape index (κ3) is 6.04. The maximum atomic E-state index is 12.9. The van der Waals surface area contributed by atoms with E-state index >= 15 is 0 Å². The van der Waals surface area contributed by atoms with Crippen molar-refractivity contribution >= 4 is 24.6 Å². The average Bonchev–Trinajstić information content (AvgIpc) is 2.88. The molecule has 7 nitrogen and oxygen atoms in total. The number of likely N-dealkylation sites (tertiary alicyclic amines) is 1. The number of hydrogen-bond donors (Lipinski definition) is 1. The van der Waals surface area contributed by atoms with Gasteiger partial charge in [-0.2, -0.15) is 0 Å². The molecule has 0 aromatic heterocycles. The van der Waals surface area contributed by atoms with E-state index in [-0.39, 0.29) is 23.2 Å². The van der Waals surface area contributed by atoms with E-state index in [1.165, 1.54) is 0 Å². The van der Waals surface area contributed by atoms with Gasteiger partial charge in [-0.25, -0.2) is 4.79 Å². The minimum atomic E-state index is -0.541. The fourth-order valence-electron chi connectivity index (χ4n) is 3.85. The van der Waals surface area contributed by atoms with Crippen LogP contribution < -0.4 is 10.8 Å². The standard InChI is InChI=1S/C24H37BN2O5/c1-22(2,3)30-21(29)26-19-9-8-14-27(16-19)20(28)15-17-10-12-18(13-11-17)25-31-23(4,5)24(6,7)32-25/h10-13,19H,8-9,14-16H2,1-7H3,(H,26,29). The van der Waals surface area contributed by atoms with Gasteiger partial charge >= 0.3 is 13.2 Å². The van der Waals surface area contributed by atoms with Gasteiger partial charge in [-0.3, -0.25) is 4.79 Å². The zero-order chi connectivity index (χ0) is 23.7. The predicted molar refractivity (Wildman–Crippen MR) is 125 cm³/mol. The quantitative estimate of drug-likeness (QED) is 0.723. The van der Waals surface area contributed by atoms with Gasteiger partial charge < -0.3 is 24.3 Å². The van der Waals surface area contributed by atoms with E-state index in [2.05, 4.69) is 5.32 Å². The first kappa shape index (κ1) is 24.6. The van der Waals surface area contributed by atoms with Crippen molar-refractivity contribution in [1.29, 1.82) is 0 Å². The predicted octanol–water partition coefficient (Wildman–Crippen LogP) is 3.04. The van der Waals surface area contributed by atoms with Crippen LogP contribution in [-0.4, -0.2) is 60.0 Å². The monoisotopic (exact) mass is 444 g/mol. The summed E-state index contributed by atoms with van der Waals surface area (Å²) in [5, 5.41) is 2.89. The molecule has 32 heavy (non-hydrogen) atoms. The Balaban J connectivity index is 1.54. The number of amides is 2. The number of nitrogens with one attached hydrogen (secondary N) is 1. The molecule has 1 aromatic rings. The van der Waals surface area contributed by atoms with Crippen molar-refractivity contribution in [2.45, 2.75) is 90.6 Å². The molecule has 1 aromatic carbocycles. The van der Waals surface area contributed by atoms with Crippen LogP contribution in [0.4, 0.5) is 4.79 Å². The maximum absolute atomic E-state index is 12.9. The van der Waals surface area contributed by atoms with Crippen LogP contribution in [0.3, 0.4) is 0 Å². The topological polar surface area (TPSA) is 77.1 Å². The highest BCUT2D eigenvalue weighted by atomic mass is 16.7. The number of rotatable bonds is 4. The van der Waals surface area contributed by atoms with Gasteiger partial charge in [0.2, 0.25) is 5.91 Å². The number of carbonyl (C=O) groups excluding carboxylic acids is 2. The molecule has 0 aliphatic carbocycles. The summed E-state index contributed by atoms with van der Waals surface area (Å²) in [7, 11) is -0.411. The number of nitrogens with zero attached hydrogens (tertiary/aromatic N) is 1. The largest absolute Gasteiger partial charge is 0.494 e. The van der Waals surface area contributed by atoms with Gasteiger partial charge in [0.25, 0.3) is 0 Å². The summed E-state index contributed by atoms with van der Waals surface area (Å²) in [6, 6.07) is 7.76. The zero-order valence-electron chi connectivity index (χ0n) is 20.5. The van der Waals surface area contributed by atoms with Crippen molar-refractivity contribution in [3.05, 3.63) is 29.8 Å². The summed E-state index contributed by atoms with van der Waals surface area (Å²) in [6.07, 6.45) is 1.58. The molecule has 3 rings (SSSR count). The minimum absolute atomic E-state index is 0.0593. The Bertz CT molecular complexity index is 816. The zero-order valence-corrected chi connectivity index (χ0v) is 20.5. The van der Waals surface area contributed by atoms with E-state index in [9.17, 15) is 9.59 Å². The molecule has 1 unspecified atom stereocenters. The van der Waals surface area contributed by atoms with Crippen molar-refractivity contribution in [2.75, 3.05) is 13.1 Å². The van der Waals surface area contributed by atoms with E-state index in [0.717, 1.165) is 23.9 Å². The number of piperidine rings is 1. The molecule has 176 valence electrons. The molecule has 2 fully saturated rings. The Morgan fingerprint density at radius 2 is 1.72 bits per heavy atom. The average molecular weight is 444 g/mol. The summed E-state index contributed by atoms with van der Waals surface area (Å²) in [6.45, 7) is 14.8. The number of benzene rings is 1. The molecule has 2 heterocycles. The van der Waals surface area contributed by atoms with Crippen molar-refractivity contribution in [1.82, 2.24) is 10.2 Å². The molecule has 0 radical (unpaired) electrons. The van der Waals surface area contributed by atoms with Crippen LogP contribution >= 0.6 is 0 Å². The molecule has 1 atom stereocenters. The lowest BCUT2D eigenvalue weighted by Gasteiger charge is -2.33. The van der Waals surface area contributed by atoms with Crippen molar-refractivity contribution < 1.29 is 23.6 Å². The van der Waals surface area contributed by atoms with E-state index < -0.39 is 18.8 Å². The lowest BCUT2D eigenvalue weighted by atomic mass is 9.79. The van der Waals surface area contributed by atoms with Crippen LogP contribution in [0.1, 0.15) is 66.9 Å². The summed E-state index contributed by atoms with van der Waals surface area (Å²) in [4.78, 5) is 26.8.